The summed E-state index contributed by atoms with van der Waals surface area (Å²) >= 11 is 0. The van der Waals surface area contributed by atoms with Crippen LogP contribution in [0.4, 0.5) is 4.79 Å². The molecule has 0 spiro atoms. The number of urea groups is 1. The Morgan fingerprint density at radius 1 is 1.04 bits per heavy atom. The number of benzene rings is 2. The van der Waals surface area contributed by atoms with Crippen LogP contribution in [-0.2, 0) is 23.3 Å². The highest BCUT2D eigenvalue weighted by Crippen LogP contribution is 2.30. The second-order valence-electron chi connectivity index (χ2n) is 6.82. The predicted molar refractivity (Wildman–Crippen MR) is 98.0 cm³/mol. The number of imide groups is 1. The van der Waals surface area contributed by atoms with E-state index in [-0.39, 0.29) is 11.9 Å². The molecule has 1 saturated heterocycles. The maximum Gasteiger partial charge on any atom is 0.325 e. The Labute approximate surface area is 148 Å². The first-order valence-electron chi connectivity index (χ1n) is 8.73. The summed E-state index contributed by atoms with van der Waals surface area (Å²) in [7, 11) is 0. The highest BCUT2D eigenvalue weighted by atomic mass is 16.2. The monoisotopic (exact) mass is 336 g/mol. The van der Waals surface area contributed by atoms with Gasteiger partial charge in [0, 0.05) is 0 Å². The highest BCUT2D eigenvalue weighted by molar-refractivity contribution is 6.07. The maximum absolute atomic E-state index is 13.0. The minimum Gasteiger partial charge on any atom is -0.319 e. The molecular weight excluding hydrogens is 312 g/mol. The molecule has 4 heteroatoms. The third kappa shape index (κ3) is 3.16. The Hall–Kier alpha value is -2.62. The van der Waals surface area contributed by atoms with E-state index in [2.05, 4.69) is 12.2 Å². The summed E-state index contributed by atoms with van der Waals surface area (Å²) in [4.78, 5) is 26.8. The molecule has 1 N–H and O–H groups in total. The summed E-state index contributed by atoms with van der Waals surface area (Å²) < 4.78 is 0. The van der Waals surface area contributed by atoms with E-state index < -0.39 is 5.54 Å². The molecule has 1 atom stereocenters. The van der Waals surface area contributed by atoms with Crippen molar-refractivity contribution in [3.05, 3.63) is 70.8 Å². The zero-order chi connectivity index (χ0) is 18.0. The smallest absolute Gasteiger partial charge is 0.319 e. The molecule has 3 rings (SSSR count). The van der Waals surface area contributed by atoms with Crippen molar-refractivity contribution in [2.45, 2.75) is 45.7 Å². The van der Waals surface area contributed by atoms with Crippen LogP contribution < -0.4 is 5.32 Å². The molecule has 2 aromatic rings. The number of nitrogens with one attached hydrogen (secondary N) is 1. The first-order valence-corrected chi connectivity index (χ1v) is 8.73. The van der Waals surface area contributed by atoms with Gasteiger partial charge in [-0.05, 0) is 42.5 Å². The van der Waals surface area contributed by atoms with Gasteiger partial charge in [0.2, 0.25) is 0 Å². The van der Waals surface area contributed by atoms with Crippen LogP contribution in [0.1, 0.15) is 42.5 Å². The molecule has 1 heterocycles. The number of carbonyl (C=O) groups excluding carboxylic acids is 2. The summed E-state index contributed by atoms with van der Waals surface area (Å²) in [6.07, 6.45) is 2.09. The van der Waals surface area contributed by atoms with Crippen molar-refractivity contribution < 1.29 is 9.59 Å². The molecule has 1 aliphatic rings. The van der Waals surface area contributed by atoms with Gasteiger partial charge in [0.1, 0.15) is 5.54 Å². The number of carbonyl (C=O) groups is 2. The van der Waals surface area contributed by atoms with Crippen LogP contribution in [0.2, 0.25) is 0 Å². The largest absolute Gasteiger partial charge is 0.325 e. The predicted octanol–water partition coefficient (Wildman–Crippen LogP) is 3.91. The van der Waals surface area contributed by atoms with Crippen molar-refractivity contribution in [2.75, 3.05) is 0 Å². The Bertz CT molecular complexity index is 798. The van der Waals surface area contributed by atoms with Gasteiger partial charge in [-0.1, -0.05) is 61.9 Å². The molecule has 3 amide bonds. The highest BCUT2D eigenvalue weighted by Gasteiger charge is 2.48. The SMILES string of the molecule is CCCc1ccc(C2(C)NC(=O)N(Cc3ccccc3C)C2=O)cc1. The van der Waals surface area contributed by atoms with E-state index in [9.17, 15) is 9.59 Å². The zero-order valence-electron chi connectivity index (χ0n) is 15.0. The van der Waals surface area contributed by atoms with Crippen LogP contribution >= 0.6 is 0 Å². The third-order valence-corrected chi connectivity index (χ3v) is 4.93. The quantitative estimate of drug-likeness (QED) is 0.842. The lowest BCUT2D eigenvalue weighted by atomic mass is 9.91. The lowest BCUT2D eigenvalue weighted by Crippen LogP contribution is -2.40. The van der Waals surface area contributed by atoms with E-state index in [1.165, 1.54) is 10.5 Å². The molecule has 0 aromatic heterocycles. The van der Waals surface area contributed by atoms with Crippen LogP contribution in [0.5, 0.6) is 0 Å². The molecule has 2 aromatic carbocycles. The fourth-order valence-corrected chi connectivity index (χ4v) is 3.29. The van der Waals surface area contributed by atoms with Crippen LogP contribution in [0.25, 0.3) is 0 Å². The Balaban J connectivity index is 1.85. The Morgan fingerprint density at radius 3 is 2.36 bits per heavy atom. The van der Waals surface area contributed by atoms with E-state index in [1.54, 1.807) is 6.92 Å². The number of hydrogen-bond acceptors (Lipinski definition) is 2. The van der Waals surface area contributed by atoms with Gasteiger partial charge in [-0.3, -0.25) is 9.69 Å². The summed E-state index contributed by atoms with van der Waals surface area (Å²) in [6, 6.07) is 15.4. The molecule has 0 radical (unpaired) electrons. The summed E-state index contributed by atoms with van der Waals surface area (Å²) in [5.74, 6) is -0.205. The van der Waals surface area contributed by atoms with Crippen molar-refractivity contribution in [1.29, 1.82) is 0 Å². The summed E-state index contributed by atoms with van der Waals surface area (Å²) in [5, 5.41) is 2.88. The van der Waals surface area contributed by atoms with Crippen molar-refractivity contribution in [3.63, 3.8) is 0 Å². The topological polar surface area (TPSA) is 49.4 Å². The van der Waals surface area contributed by atoms with Gasteiger partial charge in [0.25, 0.3) is 5.91 Å². The molecule has 25 heavy (non-hydrogen) atoms. The second-order valence-corrected chi connectivity index (χ2v) is 6.82. The van der Waals surface area contributed by atoms with Crippen LogP contribution in [-0.4, -0.2) is 16.8 Å². The van der Waals surface area contributed by atoms with Crippen LogP contribution in [0.15, 0.2) is 48.5 Å². The lowest BCUT2D eigenvalue weighted by Gasteiger charge is -2.22. The van der Waals surface area contributed by atoms with Gasteiger partial charge in [-0.25, -0.2) is 4.79 Å². The molecular formula is C21H24N2O2. The van der Waals surface area contributed by atoms with Crippen molar-refractivity contribution in [2.24, 2.45) is 0 Å². The average molecular weight is 336 g/mol. The van der Waals surface area contributed by atoms with E-state index in [0.29, 0.717) is 6.54 Å². The molecule has 0 aliphatic carbocycles. The first kappa shape index (κ1) is 17.2. The van der Waals surface area contributed by atoms with Gasteiger partial charge >= 0.3 is 6.03 Å². The number of aryl methyl sites for hydroxylation is 2. The Kier molecular flexibility index (Phi) is 4.62. The van der Waals surface area contributed by atoms with E-state index in [1.807, 2.05) is 55.5 Å². The number of hydrogen-bond donors (Lipinski definition) is 1. The van der Waals surface area contributed by atoms with Gasteiger partial charge < -0.3 is 5.32 Å². The van der Waals surface area contributed by atoms with Gasteiger partial charge in [0.05, 0.1) is 6.54 Å². The van der Waals surface area contributed by atoms with Crippen LogP contribution in [0.3, 0.4) is 0 Å². The van der Waals surface area contributed by atoms with E-state index in [0.717, 1.165) is 29.5 Å². The van der Waals surface area contributed by atoms with E-state index >= 15 is 0 Å². The van der Waals surface area contributed by atoms with Gasteiger partial charge in [-0.2, -0.15) is 0 Å². The van der Waals surface area contributed by atoms with E-state index in [4.69, 9.17) is 0 Å². The number of rotatable bonds is 5. The lowest BCUT2D eigenvalue weighted by molar-refractivity contribution is -0.131. The number of amides is 3. The normalized spacial score (nSPS) is 20.0. The molecule has 1 unspecified atom stereocenters. The summed E-state index contributed by atoms with van der Waals surface area (Å²) in [6.45, 7) is 6.19. The molecule has 0 saturated carbocycles. The van der Waals surface area contributed by atoms with Gasteiger partial charge in [0.15, 0.2) is 0 Å². The van der Waals surface area contributed by atoms with Crippen molar-refractivity contribution >= 4 is 11.9 Å². The van der Waals surface area contributed by atoms with Crippen molar-refractivity contribution in [3.8, 4) is 0 Å². The molecule has 4 nitrogen and oxygen atoms in total. The molecule has 130 valence electrons. The second kappa shape index (κ2) is 6.71. The Morgan fingerprint density at radius 2 is 1.72 bits per heavy atom. The van der Waals surface area contributed by atoms with Gasteiger partial charge in [-0.15, -0.1) is 0 Å². The first-order chi connectivity index (χ1) is 12.0. The fraction of sp³-hybridized carbons (Fsp3) is 0.333. The maximum atomic E-state index is 13.0. The molecule has 1 fully saturated rings. The summed E-state index contributed by atoms with van der Waals surface area (Å²) in [5.41, 5.74) is 3.10. The standard InChI is InChI=1S/C21H24N2O2/c1-4-7-16-10-12-18(13-11-16)21(3)19(24)23(20(25)22-21)14-17-9-6-5-8-15(17)2/h5-6,8-13H,4,7,14H2,1-3H3,(H,22,25). The molecule has 0 bridgehead atoms. The zero-order valence-corrected chi connectivity index (χ0v) is 15.0. The minimum atomic E-state index is -1.01. The molecule has 1 aliphatic heterocycles. The minimum absolute atomic E-state index is 0.205. The average Bonchev–Trinajstić information content (AvgIpc) is 2.82. The van der Waals surface area contributed by atoms with Crippen molar-refractivity contribution in [1.82, 2.24) is 10.2 Å². The fourth-order valence-electron chi connectivity index (χ4n) is 3.29. The number of nitrogens with zero attached hydrogens (tertiary/aromatic N) is 1. The third-order valence-electron chi connectivity index (χ3n) is 4.93. The van der Waals surface area contributed by atoms with Crippen LogP contribution in [0, 0.1) is 6.92 Å².